The molecular weight excluding hydrogens is 216 g/mol. The molecule has 1 aromatic heterocycles. The number of hydrogen-bond donors (Lipinski definition) is 0. The van der Waals surface area contributed by atoms with Gasteiger partial charge in [0.15, 0.2) is 7.85 Å². The highest BCUT2D eigenvalue weighted by atomic mass is 14.7. The lowest BCUT2D eigenvalue weighted by atomic mass is 9.77. The molecule has 0 fully saturated rings. The smallest absolute Gasteiger partial charge is 0.164 e. The first-order chi connectivity index (χ1) is 8.52. The van der Waals surface area contributed by atoms with E-state index >= 15 is 0 Å². The Hall–Kier alpha value is -1.50. The van der Waals surface area contributed by atoms with Crippen LogP contribution < -0.4 is 11.1 Å². The Morgan fingerprint density at radius 1 is 1.06 bits per heavy atom. The van der Waals surface area contributed by atoms with E-state index in [9.17, 15) is 0 Å². The fourth-order valence-electron chi connectivity index (χ4n) is 2.68. The van der Waals surface area contributed by atoms with Crippen molar-refractivity contribution in [1.82, 2.24) is 4.98 Å². The summed E-state index contributed by atoms with van der Waals surface area (Å²) in [7, 11) is 4.30. The van der Waals surface area contributed by atoms with E-state index in [0.717, 1.165) is 11.3 Å². The van der Waals surface area contributed by atoms with Crippen LogP contribution in [0.1, 0.15) is 30.9 Å². The number of pyridine rings is 1. The number of benzene rings is 1. The lowest BCUT2D eigenvalue weighted by molar-refractivity contribution is 0.863. The zero-order chi connectivity index (χ0) is 13.3. The maximum atomic E-state index is 4.79. The molecule has 1 aromatic carbocycles. The summed E-state index contributed by atoms with van der Waals surface area (Å²) >= 11 is 0. The third-order valence-electron chi connectivity index (χ3n) is 3.61. The van der Waals surface area contributed by atoms with Gasteiger partial charge in [0.1, 0.15) is 7.85 Å². The molecule has 2 aromatic rings. The highest BCUT2D eigenvalue weighted by Crippen LogP contribution is 2.20. The van der Waals surface area contributed by atoms with E-state index in [-0.39, 0.29) is 0 Å². The molecule has 1 nitrogen and oxygen atoms in total. The van der Waals surface area contributed by atoms with E-state index in [2.05, 4.69) is 60.7 Å². The largest absolute Gasteiger partial charge is 0.264 e. The summed E-state index contributed by atoms with van der Waals surface area (Å²) in [6, 6.07) is 10.5. The first-order valence-corrected chi connectivity index (χ1v) is 6.55. The molecule has 90 valence electrons. The van der Waals surface area contributed by atoms with E-state index in [0.29, 0.717) is 5.92 Å². The van der Waals surface area contributed by atoms with E-state index in [1.165, 1.54) is 22.2 Å². The lowest BCUT2D eigenvalue weighted by Gasteiger charge is -2.19. The summed E-state index contributed by atoms with van der Waals surface area (Å²) in [6.45, 7) is 6.69. The molecule has 0 aliphatic heterocycles. The number of nitrogens with zero attached hydrogens (tertiary/aromatic N) is 1. The molecule has 1 heterocycles. The summed E-state index contributed by atoms with van der Waals surface area (Å²) in [4.78, 5) is 4.79. The molecule has 0 atom stereocenters. The molecule has 3 heteroatoms. The van der Waals surface area contributed by atoms with Crippen LogP contribution in [0.5, 0.6) is 0 Å². The van der Waals surface area contributed by atoms with Crippen molar-refractivity contribution in [3.05, 3.63) is 41.5 Å². The van der Waals surface area contributed by atoms with Crippen molar-refractivity contribution in [2.45, 2.75) is 26.7 Å². The molecule has 0 aliphatic rings. The number of hydrogen-bond acceptors (Lipinski definition) is 1. The van der Waals surface area contributed by atoms with Gasteiger partial charge in [-0.25, -0.2) is 0 Å². The van der Waals surface area contributed by atoms with Crippen molar-refractivity contribution < 1.29 is 0 Å². The molecule has 18 heavy (non-hydrogen) atoms. The van der Waals surface area contributed by atoms with Crippen LogP contribution in [0.15, 0.2) is 30.3 Å². The summed E-state index contributed by atoms with van der Waals surface area (Å²) in [5, 5.41) is 0. The minimum atomic E-state index is 0.536. The molecule has 0 radical (unpaired) electrons. The Kier molecular flexibility index (Phi) is 3.60. The molecule has 0 bridgehead atoms. The Bertz CT molecular complexity index is 562. The van der Waals surface area contributed by atoms with Crippen LogP contribution in [0, 0.1) is 6.92 Å². The Labute approximate surface area is 111 Å². The second-order valence-corrected chi connectivity index (χ2v) is 5.23. The fraction of sp³-hybridized carbons (Fsp3) is 0.267. The van der Waals surface area contributed by atoms with Crippen molar-refractivity contribution in [3.8, 4) is 11.3 Å². The second-order valence-electron chi connectivity index (χ2n) is 5.23. The molecule has 0 spiro atoms. The van der Waals surface area contributed by atoms with Crippen LogP contribution in [-0.2, 0) is 0 Å². The van der Waals surface area contributed by atoms with E-state index in [1.807, 2.05) is 6.07 Å². The van der Waals surface area contributed by atoms with Gasteiger partial charge in [0, 0.05) is 0 Å². The minimum Gasteiger partial charge on any atom is -0.264 e. The molecule has 0 N–H and O–H groups in total. The van der Waals surface area contributed by atoms with Crippen molar-refractivity contribution in [2.24, 2.45) is 0 Å². The highest BCUT2D eigenvalue weighted by Gasteiger charge is 2.14. The van der Waals surface area contributed by atoms with Crippen LogP contribution in [0.25, 0.3) is 11.3 Å². The lowest BCUT2D eigenvalue weighted by Crippen LogP contribution is -2.27. The van der Waals surface area contributed by atoms with Crippen LogP contribution in [0.2, 0.25) is 0 Å². The van der Waals surface area contributed by atoms with Crippen molar-refractivity contribution >= 4 is 26.7 Å². The number of rotatable bonds is 2. The average Bonchev–Trinajstić information content (AvgIpc) is 2.34. The average molecular weight is 235 g/mol. The molecule has 0 saturated carbocycles. The van der Waals surface area contributed by atoms with Gasteiger partial charge >= 0.3 is 0 Å². The van der Waals surface area contributed by atoms with Gasteiger partial charge in [-0.15, -0.1) is 0 Å². The van der Waals surface area contributed by atoms with Gasteiger partial charge in [0.05, 0.1) is 5.69 Å². The summed E-state index contributed by atoms with van der Waals surface area (Å²) in [6.07, 6.45) is 0. The second kappa shape index (κ2) is 5.01. The fourth-order valence-corrected chi connectivity index (χ4v) is 2.68. The quantitative estimate of drug-likeness (QED) is 0.698. The maximum absolute atomic E-state index is 4.79. The van der Waals surface area contributed by atoms with E-state index < -0.39 is 0 Å². The predicted molar refractivity (Wildman–Crippen MR) is 84.9 cm³/mol. The third kappa shape index (κ3) is 2.22. The highest BCUT2D eigenvalue weighted by molar-refractivity contribution is 6.39. The Balaban J connectivity index is 2.71. The standard InChI is InChI=1S/C15H19B2N/c1-9(2)12-10(3)15(17)18-14(13(12)16)11-7-5-4-6-8-11/h4-9H,16-17H2,1-3H3. The topological polar surface area (TPSA) is 12.9 Å². The molecule has 0 amide bonds. The predicted octanol–water partition coefficient (Wildman–Crippen LogP) is 0.697. The van der Waals surface area contributed by atoms with Crippen molar-refractivity contribution in [2.75, 3.05) is 0 Å². The van der Waals surface area contributed by atoms with Gasteiger partial charge in [0.25, 0.3) is 0 Å². The van der Waals surface area contributed by atoms with Gasteiger partial charge in [-0.3, -0.25) is 4.98 Å². The van der Waals surface area contributed by atoms with Crippen LogP contribution in [0.4, 0.5) is 0 Å². The molecule has 0 unspecified atom stereocenters. The maximum Gasteiger partial charge on any atom is 0.164 e. The van der Waals surface area contributed by atoms with Crippen molar-refractivity contribution in [1.29, 1.82) is 0 Å². The summed E-state index contributed by atoms with van der Waals surface area (Å²) in [5.41, 5.74) is 7.58. The SMILES string of the molecule is Bc1nc(-c2ccccc2)c(B)c(C(C)C)c1C. The molecule has 0 aliphatic carbocycles. The first-order valence-electron chi connectivity index (χ1n) is 6.55. The van der Waals surface area contributed by atoms with E-state index in [4.69, 9.17) is 4.98 Å². The number of aromatic nitrogens is 1. The van der Waals surface area contributed by atoms with Gasteiger partial charge in [-0.2, -0.15) is 0 Å². The molecule has 2 rings (SSSR count). The van der Waals surface area contributed by atoms with Crippen molar-refractivity contribution in [3.63, 3.8) is 0 Å². The normalized spacial score (nSPS) is 10.9. The molecule has 0 saturated heterocycles. The Morgan fingerprint density at radius 2 is 1.67 bits per heavy atom. The summed E-state index contributed by atoms with van der Waals surface area (Å²) in [5.74, 6) is 0.536. The van der Waals surface area contributed by atoms with Gasteiger partial charge in [-0.05, 0) is 35.1 Å². The third-order valence-corrected chi connectivity index (χ3v) is 3.61. The summed E-state index contributed by atoms with van der Waals surface area (Å²) < 4.78 is 0. The minimum absolute atomic E-state index is 0.536. The molecular formula is C15H19B2N. The van der Waals surface area contributed by atoms with Crippen LogP contribution in [0.3, 0.4) is 0 Å². The van der Waals surface area contributed by atoms with Gasteiger partial charge in [-0.1, -0.05) is 49.6 Å². The zero-order valence-corrected chi connectivity index (χ0v) is 11.9. The zero-order valence-electron chi connectivity index (χ0n) is 11.9. The monoisotopic (exact) mass is 235 g/mol. The van der Waals surface area contributed by atoms with Crippen LogP contribution in [-0.4, -0.2) is 20.7 Å². The van der Waals surface area contributed by atoms with Gasteiger partial charge < -0.3 is 0 Å². The Morgan fingerprint density at radius 3 is 2.22 bits per heavy atom. The van der Waals surface area contributed by atoms with E-state index in [1.54, 1.807) is 0 Å². The first kappa shape index (κ1) is 12.9. The van der Waals surface area contributed by atoms with Crippen LogP contribution >= 0.6 is 0 Å². The van der Waals surface area contributed by atoms with Gasteiger partial charge in [0.2, 0.25) is 0 Å².